The summed E-state index contributed by atoms with van der Waals surface area (Å²) in [4.78, 5) is 14.5. The van der Waals surface area contributed by atoms with Crippen LogP contribution in [-0.4, -0.2) is 23.1 Å². The summed E-state index contributed by atoms with van der Waals surface area (Å²) >= 11 is 0. The van der Waals surface area contributed by atoms with Crippen LogP contribution in [-0.2, 0) is 9.53 Å². The van der Waals surface area contributed by atoms with E-state index in [4.69, 9.17) is 4.74 Å². The van der Waals surface area contributed by atoms with Crippen LogP contribution >= 0.6 is 0 Å². The molecular formula is C17H21NO2. The van der Waals surface area contributed by atoms with Crippen LogP contribution in [0.15, 0.2) is 43.0 Å². The number of nitrogens with zero attached hydrogens (tertiary/aromatic N) is 1. The Kier molecular flexibility index (Phi) is 3.62. The molecule has 2 saturated heterocycles. The molecule has 1 aromatic carbocycles. The van der Waals surface area contributed by atoms with Crippen LogP contribution < -0.4 is 0 Å². The number of ether oxygens (including phenoxy) is 1. The van der Waals surface area contributed by atoms with E-state index >= 15 is 0 Å². The van der Waals surface area contributed by atoms with Crippen molar-refractivity contribution in [1.82, 2.24) is 4.90 Å². The number of carbonyl (C=O) groups excluding carboxylic acids is 1. The predicted octanol–water partition coefficient (Wildman–Crippen LogP) is 3.43. The van der Waals surface area contributed by atoms with E-state index in [1.165, 1.54) is 5.56 Å². The van der Waals surface area contributed by atoms with Gasteiger partial charge in [-0.05, 0) is 31.2 Å². The average molecular weight is 271 g/mol. The second-order valence-corrected chi connectivity index (χ2v) is 5.63. The van der Waals surface area contributed by atoms with Crippen molar-refractivity contribution in [3.05, 3.63) is 48.6 Å². The SMILES string of the molecule is C=CCC[C@]12CCCC(=O)N1[C@H](c1ccccc1)CO2. The highest BCUT2D eigenvalue weighted by atomic mass is 16.5. The van der Waals surface area contributed by atoms with Crippen LogP contribution in [0.3, 0.4) is 0 Å². The van der Waals surface area contributed by atoms with E-state index in [-0.39, 0.29) is 11.9 Å². The second-order valence-electron chi connectivity index (χ2n) is 5.63. The monoisotopic (exact) mass is 271 g/mol. The highest BCUT2D eigenvalue weighted by Gasteiger charge is 2.51. The van der Waals surface area contributed by atoms with Gasteiger partial charge in [-0.15, -0.1) is 6.58 Å². The van der Waals surface area contributed by atoms with Crippen LogP contribution in [0.5, 0.6) is 0 Å². The van der Waals surface area contributed by atoms with Gasteiger partial charge in [-0.25, -0.2) is 0 Å². The minimum Gasteiger partial charge on any atom is -0.353 e. The molecule has 2 atom stereocenters. The van der Waals surface area contributed by atoms with Gasteiger partial charge in [0, 0.05) is 6.42 Å². The molecule has 2 aliphatic heterocycles. The fourth-order valence-corrected chi connectivity index (χ4v) is 3.46. The molecule has 3 heteroatoms. The largest absolute Gasteiger partial charge is 0.353 e. The summed E-state index contributed by atoms with van der Waals surface area (Å²) < 4.78 is 6.14. The van der Waals surface area contributed by atoms with Gasteiger partial charge >= 0.3 is 0 Å². The number of carbonyl (C=O) groups is 1. The average Bonchev–Trinajstić information content (AvgIpc) is 2.87. The topological polar surface area (TPSA) is 29.5 Å². The predicted molar refractivity (Wildman–Crippen MR) is 78.0 cm³/mol. The molecule has 0 radical (unpaired) electrons. The maximum Gasteiger partial charge on any atom is 0.225 e. The van der Waals surface area contributed by atoms with Crippen LogP contribution in [0.1, 0.15) is 43.7 Å². The summed E-state index contributed by atoms with van der Waals surface area (Å²) in [7, 11) is 0. The van der Waals surface area contributed by atoms with E-state index in [1.807, 2.05) is 29.2 Å². The molecule has 0 aromatic heterocycles. The van der Waals surface area contributed by atoms with E-state index < -0.39 is 5.72 Å². The summed E-state index contributed by atoms with van der Waals surface area (Å²) in [6.07, 6.45) is 6.15. The molecule has 3 nitrogen and oxygen atoms in total. The molecule has 106 valence electrons. The summed E-state index contributed by atoms with van der Waals surface area (Å²) in [5.41, 5.74) is 0.771. The normalized spacial score (nSPS) is 29.3. The highest BCUT2D eigenvalue weighted by Crippen LogP contribution is 2.45. The van der Waals surface area contributed by atoms with Gasteiger partial charge in [-0.2, -0.15) is 0 Å². The molecular weight excluding hydrogens is 250 g/mol. The van der Waals surface area contributed by atoms with Gasteiger partial charge in [0.2, 0.25) is 5.91 Å². The molecule has 1 amide bonds. The lowest BCUT2D eigenvalue weighted by Crippen LogP contribution is -2.51. The Morgan fingerprint density at radius 3 is 2.95 bits per heavy atom. The molecule has 2 aliphatic rings. The van der Waals surface area contributed by atoms with Gasteiger partial charge in [0.05, 0.1) is 12.6 Å². The summed E-state index contributed by atoms with van der Waals surface area (Å²) in [5, 5.41) is 0. The van der Waals surface area contributed by atoms with Gasteiger partial charge in [-0.1, -0.05) is 36.4 Å². The molecule has 0 N–H and O–H groups in total. The number of hydrogen-bond acceptors (Lipinski definition) is 2. The third-order valence-corrected chi connectivity index (χ3v) is 4.41. The Hall–Kier alpha value is -1.61. The number of rotatable bonds is 4. The minimum absolute atomic E-state index is 0.0637. The van der Waals surface area contributed by atoms with Crippen molar-refractivity contribution in [2.24, 2.45) is 0 Å². The van der Waals surface area contributed by atoms with Crippen molar-refractivity contribution >= 4 is 5.91 Å². The summed E-state index contributed by atoms with van der Waals surface area (Å²) in [6, 6.07) is 10.3. The molecule has 1 aromatic rings. The van der Waals surface area contributed by atoms with Gasteiger partial charge in [0.25, 0.3) is 0 Å². The Morgan fingerprint density at radius 2 is 2.20 bits per heavy atom. The Bertz CT molecular complexity index is 499. The highest BCUT2D eigenvalue weighted by molar-refractivity contribution is 5.78. The van der Waals surface area contributed by atoms with E-state index in [2.05, 4.69) is 18.7 Å². The van der Waals surface area contributed by atoms with Crippen molar-refractivity contribution in [3.8, 4) is 0 Å². The van der Waals surface area contributed by atoms with E-state index in [0.717, 1.165) is 25.7 Å². The zero-order valence-corrected chi connectivity index (χ0v) is 11.8. The first-order valence-corrected chi connectivity index (χ1v) is 7.39. The van der Waals surface area contributed by atoms with Crippen molar-refractivity contribution in [2.45, 2.75) is 43.9 Å². The molecule has 0 saturated carbocycles. The van der Waals surface area contributed by atoms with Crippen LogP contribution in [0, 0.1) is 0 Å². The third kappa shape index (κ3) is 2.16. The van der Waals surface area contributed by atoms with Crippen molar-refractivity contribution in [2.75, 3.05) is 6.61 Å². The second kappa shape index (κ2) is 5.41. The fraction of sp³-hybridized carbons (Fsp3) is 0.471. The summed E-state index contributed by atoms with van der Waals surface area (Å²) in [5.74, 6) is 0.228. The van der Waals surface area contributed by atoms with Crippen LogP contribution in [0.4, 0.5) is 0 Å². The van der Waals surface area contributed by atoms with Gasteiger partial charge in [-0.3, -0.25) is 4.79 Å². The lowest BCUT2D eigenvalue weighted by atomic mass is 9.92. The standard InChI is InChI=1S/C17H21NO2/c1-2-3-11-17-12-7-10-16(19)18(17)15(13-20-17)14-8-5-4-6-9-14/h2,4-6,8-9,15H,1,3,7,10-13H2/t15-,17-/m0/s1. The maximum absolute atomic E-state index is 12.4. The Labute approximate surface area is 120 Å². The number of piperidine rings is 1. The zero-order chi connectivity index (χ0) is 14.0. The van der Waals surface area contributed by atoms with E-state index in [0.29, 0.717) is 13.0 Å². The number of benzene rings is 1. The number of amides is 1. The molecule has 2 heterocycles. The maximum atomic E-state index is 12.4. The summed E-state index contributed by atoms with van der Waals surface area (Å²) in [6.45, 7) is 4.40. The lowest BCUT2D eigenvalue weighted by molar-refractivity contribution is -0.162. The Balaban J connectivity index is 1.92. The smallest absolute Gasteiger partial charge is 0.225 e. The quantitative estimate of drug-likeness (QED) is 0.785. The lowest BCUT2D eigenvalue weighted by Gasteiger charge is -2.42. The van der Waals surface area contributed by atoms with Crippen molar-refractivity contribution < 1.29 is 9.53 Å². The molecule has 0 aliphatic carbocycles. The first-order chi connectivity index (χ1) is 9.77. The molecule has 0 unspecified atom stereocenters. The first-order valence-electron chi connectivity index (χ1n) is 7.39. The fourth-order valence-electron chi connectivity index (χ4n) is 3.46. The Morgan fingerprint density at radius 1 is 1.40 bits per heavy atom. The molecule has 2 fully saturated rings. The first kappa shape index (κ1) is 13.4. The van der Waals surface area contributed by atoms with Gasteiger partial charge < -0.3 is 9.64 Å². The molecule has 20 heavy (non-hydrogen) atoms. The molecule has 0 bridgehead atoms. The van der Waals surface area contributed by atoms with Crippen LogP contribution in [0.2, 0.25) is 0 Å². The van der Waals surface area contributed by atoms with Crippen LogP contribution in [0.25, 0.3) is 0 Å². The third-order valence-electron chi connectivity index (χ3n) is 4.41. The van der Waals surface area contributed by atoms with E-state index in [9.17, 15) is 4.79 Å². The minimum atomic E-state index is -0.399. The van der Waals surface area contributed by atoms with Gasteiger partial charge in [0.1, 0.15) is 5.72 Å². The van der Waals surface area contributed by atoms with E-state index in [1.54, 1.807) is 0 Å². The van der Waals surface area contributed by atoms with Crippen molar-refractivity contribution in [3.63, 3.8) is 0 Å². The molecule has 0 spiro atoms. The molecule has 3 rings (SSSR count). The number of allylic oxidation sites excluding steroid dienone is 1. The van der Waals surface area contributed by atoms with Crippen molar-refractivity contribution in [1.29, 1.82) is 0 Å². The zero-order valence-electron chi connectivity index (χ0n) is 11.8. The number of fused-ring (bicyclic) bond motifs is 1. The van der Waals surface area contributed by atoms with Gasteiger partial charge in [0.15, 0.2) is 0 Å². The number of hydrogen-bond donors (Lipinski definition) is 0.